The number of carbonyl (C=O) groups excluding carboxylic acids is 1. The molecule has 1 aromatic rings. The average Bonchev–Trinajstić information content (AvgIpc) is 2.37. The van der Waals surface area contributed by atoms with E-state index in [-0.39, 0.29) is 13.2 Å². The van der Waals surface area contributed by atoms with Crippen LogP contribution in [0.15, 0.2) is 18.2 Å². The van der Waals surface area contributed by atoms with E-state index < -0.39 is 23.7 Å². The van der Waals surface area contributed by atoms with E-state index in [1.165, 1.54) is 0 Å². The minimum atomic E-state index is -1.23. The second-order valence-electron chi connectivity index (χ2n) is 5.79. The van der Waals surface area contributed by atoms with Gasteiger partial charge in [0.1, 0.15) is 5.60 Å². The summed E-state index contributed by atoms with van der Waals surface area (Å²) in [5.41, 5.74) is -0.0531. The molecule has 0 spiro atoms. The molecule has 1 aromatic carbocycles. The van der Waals surface area contributed by atoms with Crippen molar-refractivity contribution < 1.29 is 24.2 Å². The summed E-state index contributed by atoms with van der Waals surface area (Å²) in [6, 6.07) is 3.67. The van der Waals surface area contributed by atoms with Gasteiger partial charge in [-0.2, -0.15) is 0 Å². The van der Waals surface area contributed by atoms with E-state index in [0.29, 0.717) is 15.6 Å². The first-order chi connectivity index (χ1) is 10.6. The van der Waals surface area contributed by atoms with Gasteiger partial charge in [0.2, 0.25) is 0 Å². The topological polar surface area (TPSA) is 84.9 Å². The van der Waals surface area contributed by atoms with Gasteiger partial charge in [-0.1, -0.05) is 29.3 Å². The van der Waals surface area contributed by atoms with Gasteiger partial charge in [-0.3, -0.25) is 0 Å². The third-order valence-corrected chi connectivity index (χ3v) is 3.13. The van der Waals surface area contributed by atoms with Gasteiger partial charge in [-0.15, -0.1) is 0 Å². The quantitative estimate of drug-likeness (QED) is 0.807. The van der Waals surface area contributed by atoms with Crippen LogP contribution in [0.4, 0.5) is 4.79 Å². The van der Waals surface area contributed by atoms with Crippen molar-refractivity contribution in [2.75, 3.05) is 6.61 Å². The number of hydrogen-bond acceptors (Lipinski definition) is 4. The minimum absolute atomic E-state index is 0.0930. The lowest BCUT2D eigenvalue weighted by molar-refractivity contribution is -0.141. The Bertz CT molecular complexity index is 571. The van der Waals surface area contributed by atoms with E-state index in [1.807, 2.05) is 0 Å². The van der Waals surface area contributed by atoms with Crippen LogP contribution in [0.25, 0.3) is 0 Å². The predicted octanol–water partition coefficient (Wildman–Crippen LogP) is 3.49. The van der Waals surface area contributed by atoms with E-state index in [4.69, 9.17) is 37.8 Å². The molecule has 0 saturated carbocycles. The Labute approximate surface area is 144 Å². The number of halogens is 2. The fourth-order valence-corrected chi connectivity index (χ4v) is 2.01. The van der Waals surface area contributed by atoms with Gasteiger partial charge in [0.25, 0.3) is 0 Å². The Morgan fingerprint density at radius 3 is 2.48 bits per heavy atom. The Morgan fingerprint density at radius 1 is 1.30 bits per heavy atom. The molecular weight excluding hydrogens is 345 g/mol. The zero-order chi connectivity index (χ0) is 17.6. The van der Waals surface area contributed by atoms with E-state index in [0.717, 1.165) is 0 Å². The van der Waals surface area contributed by atoms with Crippen LogP contribution in [-0.4, -0.2) is 35.4 Å². The highest BCUT2D eigenvalue weighted by atomic mass is 35.5. The van der Waals surface area contributed by atoms with Crippen molar-refractivity contribution in [2.24, 2.45) is 0 Å². The summed E-state index contributed by atoms with van der Waals surface area (Å²) in [7, 11) is 0. The molecule has 2 N–H and O–H groups in total. The summed E-state index contributed by atoms with van der Waals surface area (Å²) in [6.07, 6.45) is -0.821. The fraction of sp³-hybridized carbons (Fsp3) is 0.467. The number of carboxylic acids is 1. The Hall–Kier alpha value is -1.50. The second kappa shape index (κ2) is 8.38. The monoisotopic (exact) mass is 363 g/mol. The Morgan fingerprint density at radius 2 is 1.96 bits per heavy atom. The number of ether oxygens (including phenoxy) is 2. The van der Waals surface area contributed by atoms with Gasteiger partial charge in [0, 0.05) is 10.0 Å². The van der Waals surface area contributed by atoms with Crippen LogP contribution in [0.2, 0.25) is 10.0 Å². The van der Waals surface area contributed by atoms with E-state index >= 15 is 0 Å². The Balaban J connectivity index is 2.53. The summed E-state index contributed by atoms with van der Waals surface area (Å²) in [4.78, 5) is 22.8. The maximum absolute atomic E-state index is 11.6. The molecule has 0 aromatic heterocycles. The molecule has 0 bridgehead atoms. The minimum Gasteiger partial charge on any atom is -0.480 e. The molecular formula is C15H19Cl2NO5. The van der Waals surface area contributed by atoms with Crippen molar-refractivity contribution in [3.8, 4) is 0 Å². The van der Waals surface area contributed by atoms with Crippen LogP contribution in [-0.2, 0) is 20.9 Å². The first kappa shape index (κ1) is 19.5. The smallest absolute Gasteiger partial charge is 0.408 e. The largest absolute Gasteiger partial charge is 0.480 e. The van der Waals surface area contributed by atoms with Gasteiger partial charge >= 0.3 is 12.1 Å². The van der Waals surface area contributed by atoms with Gasteiger partial charge in [-0.25, -0.2) is 9.59 Å². The molecule has 0 radical (unpaired) electrons. The molecule has 0 heterocycles. The van der Waals surface area contributed by atoms with Crippen molar-refractivity contribution in [2.45, 2.75) is 39.0 Å². The third kappa shape index (κ3) is 7.54. The highest BCUT2D eigenvalue weighted by Gasteiger charge is 2.24. The van der Waals surface area contributed by atoms with Crippen LogP contribution < -0.4 is 5.32 Å². The molecule has 0 aliphatic heterocycles. The van der Waals surface area contributed by atoms with Crippen LogP contribution in [0.1, 0.15) is 26.3 Å². The maximum atomic E-state index is 11.6. The van der Waals surface area contributed by atoms with Crippen LogP contribution in [0.3, 0.4) is 0 Å². The second-order valence-corrected chi connectivity index (χ2v) is 6.63. The van der Waals surface area contributed by atoms with Crippen LogP contribution in [0.5, 0.6) is 0 Å². The number of carbonyl (C=O) groups is 2. The highest BCUT2D eigenvalue weighted by Crippen LogP contribution is 2.21. The van der Waals surface area contributed by atoms with Gasteiger partial charge < -0.3 is 19.9 Å². The molecule has 1 rings (SSSR count). The zero-order valence-electron chi connectivity index (χ0n) is 13.1. The summed E-state index contributed by atoms with van der Waals surface area (Å²) in [6.45, 7) is 4.91. The molecule has 1 amide bonds. The van der Waals surface area contributed by atoms with Crippen LogP contribution >= 0.6 is 23.2 Å². The van der Waals surface area contributed by atoms with E-state index in [1.54, 1.807) is 39.0 Å². The van der Waals surface area contributed by atoms with Gasteiger partial charge in [-0.05, 0) is 38.5 Å². The molecule has 0 fully saturated rings. The third-order valence-electron chi connectivity index (χ3n) is 2.55. The van der Waals surface area contributed by atoms with Crippen molar-refractivity contribution in [1.29, 1.82) is 0 Å². The molecule has 6 nitrogen and oxygen atoms in total. The molecule has 23 heavy (non-hydrogen) atoms. The molecule has 0 aliphatic rings. The molecule has 1 unspecified atom stereocenters. The number of rotatable bonds is 6. The molecule has 0 saturated heterocycles. The maximum Gasteiger partial charge on any atom is 0.408 e. The Kier molecular flexibility index (Phi) is 7.12. The van der Waals surface area contributed by atoms with Gasteiger partial charge in [0.15, 0.2) is 6.04 Å². The lowest BCUT2D eigenvalue weighted by Gasteiger charge is -2.22. The number of hydrogen-bond donors (Lipinski definition) is 2. The number of aliphatic carboxylic acids is 1. The SMILES string of the molecule is CC(C)(C)OC(=O)NC(COCc1ccc(Cl)cc1Cl)C(=O)O. The number of alkyl carbamates (subject to hydrolysis) is 1. The van der Waals surface area contributed by atoms with Crippen molar-refractivity contribution in [3.05, 3.63) is 33.8 Å². The molecule has 0 aliphatic carbocycles. The van der Waals surface area contributed by atoms with Crippen LogP contribution in [0, 0.1) is 0 Å². The summed E-state index contributed by atoms with van der Waals surface area (Å²) in [5, 5.41) is 12.3. The fourth-order valence-electron chi connectivity index (χ4n) is 1.55. The van der Waals surface area contributed by atoms with Gasteiger partial charge in [0.05, 0.1) is 13.2 Å². The standard InChI is InChI=1S/C15H19Cl2NO5/c1-15(2,3)23-14(21)18-12(13(19)20)8-22-7-9-4-5-10(16)6-11(9)17/h4-6,12H,7-8H2,1-3H3,(H,18,21)(H,19,20). The van der Waals surface area contributed by atoms with Crippen molar-refractivity contribution in [3.63, 3.8) is 0 Å². The first-order valence-electron chi connectivity index (χ1n) is 6.82. The molecule has 8 heteroatoms. The van der Waals surface area contributed by atoms with Crippen molar-refractivity contribution in [1.82, 2.24) is 5.32 Å². The number of nitrogens with one attached hydrogen (secondary N) is 1. The van der Waals surface area contributed by atoms with E-state index in [2.05, 4.69) is 5.32 Å². The average molecular weight is 364 g/mol. The predicted molar refractivity (Wildman–Crippen MR) is 86.9 cm³/mol. The number of amides is 1. The molecule has 128 valence electrons. The van der Waals surface area contributed by atoms with E-state index in [9.17, 15) is 9.59 Å². The summed E-state index contributed by atoms with van der Waals surface area (Å²) >= 11 is 11.8. The molecule has 1 atom stereocenters. The lowest BCUT2D eigenvalue weighted by atomic mass is 10.2. The highest BCUT2D eigenvalue weighted by molar-refractivity contribution is 6.35. The normalized spacial score (nSPS) is 12.6. The first-order valence-corrected chi connectivity index (χ1v) is 7.58. The number of benzene rings is 1. The summed E-state index contributed by atoms with van der Waals surface area (Å²) in [5.74, 6) is -1.22. The lowest BCUT2D eigenvalue weighted by Crippen LogP contribution is -2.46. The number of carboxylic acid groups (broad SMARTS) is 1. The van der Waals surface area contributed by atoms with Crippen molar-refractivity contribution >= 4 is 35.3 Å². The summed E-state index contributed by atoms with van der Waals surface area (Å²) < 4.78 is 10.3. The zero-order valence-corrected chi connectivity index (χ0v) is 14.6.